The number of hydrogen-bond donors (Lipinski definition) is 1. The maximum absolute atomic E-state index is 12.6. The molecule has 0 bridgehead atoms. The van der Waals surface area contributed by atoms with E-state index in [9.17, 15) is 9.90 Å². The van der Waals surface area contributed by atoms with Gasteiger partial charge >= 0.3 is 0 Å². The van der Waals surface area contributed by atoms with Crippen LogP contribution in [0.2, 0.25) is 5.02 Å². The van der Waals surface area contributed by atoms with Crippen molar-refractivity contribution in [3.8, 4) is 16.9 Å². The van der Waals surface area contributed by atoms with Crippen LogP contribution in [0.25, 0.3) is 21.9 Å². The van der Waals surface area contributed by atoms with Crippen molar-refractivity contribution in [2.45, 2.75) is 40.2 Å². The second kappa shape index (κ2) is 8.67. The molecule has 0 amide bonds. The van der Waals surface area contributed by atoms with E-state index in [1.165, 1.54) is 0 Å². The number of hydrogen-bond acceptors (Lipinski definition) is 3. The molecule has 0 saturated heterocycles. The summed E-state index contributed by atoms with van der Waals surface area (Å²) in [5.41, 5.74) is 1.73. The second-order valence-corrected chi connectivity index (χ2v) is 5.89. The van der Waals surface area contributed by atoms with Crippen LogP contribution < -0.4 is 5.56 Å². The van der Waals surface area contributed by atoms with E-state index in [-0.39, 0.29) is 16.3 Å². The molecule has 0 spiro atoms. The first kappa shape index (κ1) is 19.0. The van der Waals surface area contributed by atoms with E-state index in [4.69, 9.17) is 11.6 Å². The van der Waals surface area contributed by atoms with Crippen molar-refractivity contribution in [1.29, 1.82) is 0 Å². The standard InChI is InChI=1S/C18H17ClN2O2.C2H6/c1-2-3-8-21-11-15(12-4-5-17(22)16(19)9-12)13-6-7-20-10-14(13)18(21)23;1-2/h4-7,9-11,22H,2-3,8H2,1H3;1-2H3. The molecular weight excluding hydrogens is 336 g/mol. The zero-order valence-corrected chi connectivity index (χ0v) is 15.5. The Labute approximate surface area is 152 Å². The first-order chi connectivity index (χ1) is 12.1. The van der Waals surface area contributed by atoms with Gasteiger partial charge in [-0.1, -0.05) is 44.9 Å². The van der Waals surface area contributed by atoms with Crippen LogP contribution in [0, 0.1) is 0 Å². The van der Waals surface area contributed by atoms with Crippen LogP contribution in [0.1, 0.15) is 33.6 Å². The van der Waals surface area contributed by atoms with Crippen LogP contribution in [0.4, 0.5) is 0 Å². The number of rotatable bonds is 4. The van der Waals surface area contributed by atoms with Crippen molar-refractivity contribution in [3.05, 3.63) is 58.2 Å². The smallest absolute Gasteiger partial charge is 0.260 e. The summed E-state index contributed by atoms with van der Waals surface area (Å²) in [7, 11) is 0. The Morgan fingerprint density at radius 3 is 2.64 bits per heavy atom. The molecule has 2 heterocycles. The highest BCUT2D eigenvalue weighted by Gasteiger charge is 2.11. The number of pyridine rings is 2. The molecule has 3 rings (SSSR count). The van der Waals surface area contributed by atoms with Crippen molar-refractivity contribution in [3.63, 3.8) is 0 Å². The molecule has 0 radical (unpaired) electrons. The minimum absolute atomic E-state index is 0.0322. The normalized spacial score (nSPS) is 10.4. The summed E-state index contributed by atoms with van der Waals surface area (Å²) in [5.74, 6) is 0.0423. The molecule has 3 aromatic rings. The third-order valence-corrected chi connectivity index (χ3v) is 4.20. The van der Waals surface area contributed by atoms with Crippen LogP contribution in [0.5, 0.6) is 5.75 Å². The summed E-state index contributed by atoms with van der Waals surface area (Å²) < 4.78 is 1.73. The third-order valence-electron chi connectivity index (χ3n) is 3.90. The van der Waals surface area contributed by atoms with Gasteiger partial charge in [0.2, 0.25) is 0 Å². The molecular formula is C20H23ClN2O2. The number of benzene rings is 1. The fourth-order valence-electron chi connectivity index (χ4n) is 2.64. The second-order valence-electron chi connectivity index (χ2n) is 5.48. The van der Waals surface area contributed by atoms with Gasteiger partial charge in [0, 0.05) is 30.7 Å². The van der Waals surface area contributed by atoms with E-state index >= 15 is 0 Å². The molecule has 0 fully saturated rings. The number of aromatic hydroxyl groups is 1. The van der Waals surface area contributed by atoms with Gasteiger partial charge in [0.05, 0.1) is 10.4 Å². The Bertz CT molecular complexity index is 919. The molecule has 4 nitrogen and oxygen atoms in total. The number of phenolic OH excluding ortho intramolecular Hbond substituents is 1. The number of aryl methyl sites for hydroxylation is 1. The minimum Gasteiger partial charge on any atom is -0.506 e. The van der Waals surface area contributed by atoms with Gasteiger partial charge in [0.1, 0.15) is 5.75 Å². The summed E-state index contributed by atoms with van der Waals surface area (Å²) in [4.78, 5) is 16.7. The number of halogens is 1. The average molecular weight is 359 g/mol. The van der Waals surface area contributed by atoms with Crippen LogP contribution in [0.3, 0.4) is 0 Å². The van der Waals surface area contributed by atoms with Gasteiger partial charge in [-0.2, -0.15) is 0 Å². The zero-order valence-electron chi connectivity index (χ0n) is 14.8. The van der Waals surface area contributed by atoms with Crippen LogP contribution in [-0.2, 0) is 6.54 Å². The predicted octanol–water partition coefficient (Wildman–Crippen LogP) is 5.25. The monoisotopic (exact) mass is 358 g/mol. The first-order valence-corrected chi connectivity index (χ1v) is 8.95. The first-order valence-electron chi connectivity index (χ1n) is 8.58. The van der Waals surface area contributed by atoms with Crippen molar-refractivity contribution in [2.24, 2.45) is 0 Å². The van der Waals surface area contributed by atoms with E-state index in [1.54, 1.807) is 35.2 Å². The molecule has 0 unspecified atom stereocenters. The van der Waals surface area contributed by atoms with Gasteiger partial charge in [-0.25, -0.2) is 0 Å². The van der Waals surface area contributed by atoms with E-state index in [2.05, 4.69) is 11.9 Å². The maximum Gasteiger partial charge on any atom is 0.260 e. The zero-order chi connectivity index (χ0) is 18.4. The Morgan fingerprint density at radius 2 is 1.96 bits per heavy atom. The predicted molar refractivity (Wildman–Crippen MR) is 104 cm³/mol. The third kappa shape index (κ3) is 4.02. The lowest BCUT2D eigenvalue weighted by molar-refractivity contribution is 0.475. The maximum atomic E-state index is 12.6. The van der Waals surface area contributed by atoms with Gasteiger partial charge in [-0.05, 0) is 35.6 Å². The number of unbranched alkanes of at least 4 members (excludes halogenated alkanes) is 1. The number of phenols is 1. The highest BCUT2D eigenvalue weighted by molar-refractivity contribution is 6.32. The van der Waals surface area contributed by atoms with Gasteiger partial charge in [-0.15, -0.1) is 0 Å². The van der Waals surface area contributed by atoms with Crippen molar-refractivity contribution in [1.82, 2.24) is 9.55 Å². The molecule has 0 aliphatic carbocycles. The molecule has 25 heavy (non-hydrogen) atoms. The van der Waals surface area contributed by atoms with Gasteiger partial charge in [0.25, 0.3) is 5.56 Å². The van der Waals surface area contributed by atoms with Crippen molar-refractivity contribution in [2.75, 3.05) is 0 Å². The van der Waals surface area contributed by atoms with E-state index < -0.39 is 0 Å². The lowest BCUT2D eigenvalue weighted by Crippen LogP contribution is -2.20. The molecule has 0 atom stereocenters. The van der Waals surface area contributed by atoms with Gasteiger partial charge in [-0.3, -0.25) is 9.78 Å². The molecule has 0 saturated carbocycles. The summed E-state index contributed by atoms with van der Waals surface area (Å²) in [6.07, 6.45) is 7.08. The highest BCUT2D eigenvalue weighted by atomic mass is 35.5. The summed E-state index contributed by atoms with van der Waals surface area (Å²) >= 11 is 6.04. The highest BCUT2D eigenvalue weighted by Crippen LogP contribution is 2.32. The molecule has 132 valence electrons. The molecule has 2 aromatic heterocycles. The van der Waals surface area contributed by atoms with Gasteiger partial charge in [0.15, 0.2) is 0 Å². The van der Waals surface area contributed by atoms with E-state index in [0.717, 1.165) is 29.4 Å². The quantitative estimate of drug-likeness (QED) is 0.693. The molecule has 0 aliphatic rings. The van der Waals surface area contributed by atoms with Crippen molar-refractivity contribution < 1.29 is 5.11 Å². The van der Waals surface area contributed by atoms with Crippen LogP contribution in [-0.4, -0.2) is 14.7 Å². The average Bonchev–Trinajstić information content (AvgIpc) is 2.65. The van der Waals surface area contributed by atoms with Crippen LogP contribution in [0.15, 0.2) is 47.7 Å². The topological polar surface area (TPSA) is 55.1 Å². The Morgan fingerprint density at radius 1 is 1.20 bits per heavy atom. The number of aromatic nitrogens is 2. The Balaban J connectivity index is 0.00000109. The largest absolute Gasteiger partial charge is 0.506 e. The molecule has 0 aliphatic heterocycles. The Hall–Kier alpha value is -2.33. The van der Waals surface area contributed by atoms with E-state index in [1.807, 2.05) is 26.1 Å². The van der Waals surface area contributed by atoms with Crippen LogP contribution >= 0.6 is 11.6 Å². The molecule has 1 N–H and O–H groups in total. The molecule has 5 heteroatoms. The minimum atomic E-state index is -0.0322. The lowest BCUT2D eigenvalue weighted by Gasteiger charge is -2.12. The Kier molecular flexibility index (Phi) is 6.59. The number of fused-ring (bicyclic) bond motifs is 1. The number of nitrogens with zero attached hydrogens (tertiary/aromatic N) is 2. The SMILES string of the molecule is CC.CCCCn1cc(-c2ccc(O)c(Cl)c2)c2ccncc2c1=O. The fourth-order valence-corrected chi connectivity index (χ4v) is 2.82. The lowest BCUT2D eigenvalue weighted by atomic mass is 10.0. The summed E-state index contributed by atoms with van der Waals surface area (Å²) in [6, 6.07) is 6.90. The van der Waals surface area contributed by atoms with Gasteiger partial charge < -0.3 is 9.67 Å². The summed E-state index contributed by atoms with van der Waals surface area (Å²) in [6.45, 7) is 6.76. The molecule has 1 aromatic carbocycles. The fraction of sp³-hybridized carbons (Fsp3) is 0.300. The van der Waals surface area contributed by atoms with Crippen molar-refractivity contribution >= 4 is 22.4 Å². The summed E-state index contributed by atoms with van der Waals surface area (Å²) in [5, 5.41) is 11.3. The van der Waals surface area contributed by atoms with E-state index in [0.29, 0.717) is 11.9 Å².